The molecule has 0 aliphatic rings. The predicted molar refractivity (Wildman–Crippen MR) is 89.6 cm³/mol. The van der Waals surface area contributed by atoms with E-state index in [1.165, 1.54) is 27.7 Å². The number of ether oxygens (including phenoxy) is 2. The van der Waals surface area contributed by atoms with Gasteiger partial charge < -0.3 is 9.47 Å². The molecule has 0 rings (SSSR count). The van der Waals surface area contributed by atoms with Gasteiger partial charge in [0.05, 0.1) is 6.10 Å². The first-order valence-corrected chi connectivity index (χ1v) is 11.2. The monoisotopic (exact) mass is 402 g/mol. The zero-order chi connectivity index (χ0) is 19.8. The van der Waals surface area contributed by atoms with Gasteiger partial charge in [0.25, 0.3) is 0 Å². The van der Waals surface area contributed by atoms with E-state index in [-0.39, 0.29) is 25.7 Å². The summed E-state index contributed by atoms with van der Waals surface area (Å²) in [6.07, 6.45) is 0.784. The minimum Gasteiger partial charge on any atom is -0.446 e. The van der Waals surface area contributed by atoms with E-state index >= 15 is 0 Å². The molecule has 0 aromatic rings. The van der Waals surface area contributed by atoms with Crippen molar-refractivity contribution < 1.29 is 40.1 Å². The SMILES string of the molecule is CC(C)OS(=O)(=O)C(C)OC(=O)CCCCC(=O)OC(C)S(C)(=O)=O. The minimum atomic E-state index is -4.00. The highest BCUT2D eigenvalue weighted by molar-refractivity contribution is 7.91. The third-order valence-corrected chi connectivity index (χ3v) is 5.81. The minimum absolute atomic E-state index is 0.0581. The van der Waals surface area contributed by atoms with Crippen molar-refractivity contribution in [3.8, 4) is 0 Å². The van der Waals surface area contributed by atoms with E-state index < -0.39 is 48.9 Å². The van der Waals surface area contributed by atoms with E-state index in [1.807, 2.05) is 0 Å². The van der Waals surface area contributed by atoms with Gasteiger partial charge in [-0.1, -0.05) is 0 Å². The van der Waals surface area contributed by atoms with Gasteiger partial charge in [0.1, 0.15) is 0 Å². The second kappa shape index (κ2) is 10.1. The molecule has 0 fully saturated rings. The first-order valence-electron chi connectivity index (χ1n) is 7.75. The molecule has 148 valence electrons. The van der Waals surface area contributed by atoms with Gasteiger partial charge in [0.2, 0.25) is 5.44 Å². The van der Waals surface area contributed by atoms with Gasteiger partial charge in [0.15, 0.2) is 15.3 Å². The molecule has 2 unspecified atom stereocenters. The highest BCUT2D eigenvalue weighted by Crippen LogP contribution is 2.12. The Morgan fingerprint density at radius 2 is 1.20 bits per heavy atom. The average molecular weight is 402 g/mol. The Hall–Kier alpha value is -1.20. The molecule has 0 amide bonds. The molecule has 0 heterocycles. The van der Waals surface area contributed by atoms with Crippen molar-refractivity contribution in [2.75, 3.05) is 6.26 Å². The van der Waals surface area contributed by atoms with Crippen LogP contribution in [-0.4, -0.2) is 52.0 Å². The number of esters is 2. The van der Waals surface area contributed by atoms with Gasteiger partial charge in [-0.25, -0.2) is 8.42 Å². The standard InChI is InChI=1S/C14H26O9S2/c1-10(2)23-25(19,20)12(4)22-14(16)9-7-6-8-13(15)21-11(3)24(5,17)18/h10-12H,6-9H2,1-5H3. The van der Waals surface area contributed by atoms with Gasteiger partial charge in [0, 0.05) is 19.1 Å². The van der Waals surface area contributed by atoms with E-state index in [2.05, 4.69) is 0 Å². The topological polar surface area (TPSA) is 130 Å². The molecule has 9 nitrogen and oxygen atoms in total. The normalized spacial score (nSPS) is 14.8. The number of hydrogen-bond donors (Lipinski definition) is 0. The van der Waals surface area contributed by atoms with Crippen LogP contribution in [0.2, 0.25) is 0 Å². The maximum atomic E-state index is 11.7. The molecule has 2 atom stereocenters. The number of unbranched alkanes of at least 4 members (excludes halogenated alkanes) is 1. The van der Waals surface area contributed by atoms with Gasteiger partial charge >= 0.3 is 22.1 Å². The maximum absolute atomic E-state index is 11.7. The third kappa shape index (κ3) is 10.4. The fraction of sp³-hybridized carbons (Fsp3) is 0.857. The van der Waals surface area contributed by atoms with Crippen LogP contribution in [0.5, 0.6) is 0 Å². The quantitative estimate of drug-likeness (QED) is 0.283. The number of carbonyl (C=O) groups excluding carboxylic acids is 2. The molecule has 0 saturated heterocycles. The highest BCUT2D eigenvalue weighted by Gasteiger charge is 2.26. The molecule has 11 heteroatoms. The Morgan fingerprint density at radius 1 is 0.800 bits per heavy atom. The summed E-state index contributed by atoms with van der Waals surface area (Å²) in [7, 11) is -7.46. The lowest BCUT2D eigenvalue weighted by atomic mass is 10.2. The van der Waals surface area contributed by atoms with Crippen LogP contribution in [0, 0.1) is 0 Å². The Morgan fingerprint density at radius 3 is 1.56 bits per heavy atom. The fourth-order valence-corrected chi connectivity index (χ4v) is 2.72. The average Bonchev–Trinajstić information content (AvgIpc) is 2.41. The Bertz CT molecular complexity index is 650. The second-order valence-electron chi connectivity index (χ2n) is 5.79. The van der Waals surface area contributed by atoms with E-state index in [4.69, 9.17) is 13.7 Å². The second-order valence-corrected chi connectivity index (χ2v) is 9.95. The fourth-order valence-electron chi connectivity index (χ4n) is 1.52. The van der Waals surface area contributed by atoms with Crippen LogP contribution in [0.15, 0.2) is 0 Å². The lowest BCUT2D eigenvalue weighted by molar-refractivity contribution is -0.147. The van der Waals surface area contributed by atoms with Crippen LogP contribution in [-0.2, 0) is 43.2 Å². The zero-order valence-electron chi connectivity index (χ0n) is 15.1. The van der Waals surface area contributed by atoms with Crippen molar-refractivity contribution in [1.29, 1.82) is 0 Å². The first-order chi connectivity index (χ1) is 11.3. The summed E-state index contributed by atoms with van der Waals surface area (Å²) in [5.41, 5.74) is -2.65. The molecule has 0 spiro atoms. The number of sulfone groups is 1. The summed E-state index contributed by atoms with van der Waals surface area (Å²) in [6, 6.07) is 0. The Kier molecular flexibility index (Phi) is 9.59. The molecule has 0 bridgehead atoms. The Balaban J connectivity index is 4.14. The van der Waals surface area contributed by atoms with Crippen LogP contribution in [0.4, 0.5) is 0 Å². The van der Waals surface area contributed by atoms with Crippen LogP contribution < -0.4 is 0 Å². The van der Waals surface area contributed by atoms with E-state index in [0.29, 0.717) is 0 Å². The summed E-state index contributed by atoms with van der Waals surface area (Å²) in [5.74, 6) is -1.42. The van der Waals surface area contributed by atoms with Crippen molar-refractivity contribution in [2.24, 2.45) is 0 Å². The maximum Gasteiger partial charge on any atom is 0.307 e. The van der Waals surface area contributed by atoms with Gasteiger partial charge in [-0.05, 0) is 40.5 Å². The Labute approximate surface area is 149 Å². The molecule has 0 aliphatic heterocycles. The summed E-state index contributed by atoms with van der Waals surface area (Å²) in [4.78, 5) is 23.1. The molecular formula is C14H26O9S2. The lowest BCUT2D eigenvalue weighted by Gasteiger charge is -2.15. The number of rotatable bonds is 11. The first kappa shape index (κ1) is 23.8. The molecular weight excluding hydrogens is 376 g/mol. The lowest BCUT2D eigenvalue weighted by Crippen LogP contribution is -2.28. The summed E-state index contributed by atoms with van der Waals surface area (Å²) in [6.45, 7) is 5.52. The molecule has 0 aromatic heterocycles. The number of hydrogen-bond acceptors (Lipinski definition) is 9. The molecule has 0 N–H and O–H groups in total. The van der Waals surface area contributed by atoms with Crippen molar-refractivity contribution in [3.05, 3.63) is 0 Å². The molecule has 25 heavy (non-hydrogen) atoms. The molecule has 0 aromatic carbocycles. The predicted octanol–water partition coefficient (Wildman–Crippen LogP) is 1.12. The molecule has 0 saturated carbocycles. The van der Waals surface area contributed by atoms with Gasteiger partial charge in [-0.2, -0.15) is 8.42 Å². The van der Waals surface area contributed by atoms with Crippen LogP contribution in [0.25, 0.3) is 0 Å². The van der Waals surface area contributed by atoms with E-state index in [1.54, 1.807) is 0 Å². The summed E-state index contributed by atoms with van der Waals surface area (Å²) < 4.78 is 59.8. The van der Waals surface area contributed by atoms with Crippen molar-refractivity contribution >= 4 is 31.9 Å². The number of carbonyl (C=O) groups is 2. The van der Waals surface area contributed by atoms with Crippen molar-refractivity contribution in [1.82, 2.24) is 0 Å². The largest absolute Gasteiger partial charge is 0.446 e. The zero-order valence-corrected chi connectivity index (χ0v) is 16.7. The highest BCUT2D eigenvalue weighted by atomic mass is 32.2. The summed E-state index contributed by atoms with van der Waals surface area (Å²) in [5, 5.41) is 0. The van der Waals surface area contributed by atoms with Crippen LogP contribution in [0.1, 0.15) is 53.4 Å². The smallest absolute Gasteiger partial charge is 0.307 e. The van der Waals surface area contributed by atoms with Crippen molar-refractivity contribution in [3.63, 3.8) is 0 Å². The van der Waals surface area contributed by atoms with Gasteiger partial charge in [-0.3, -0.25) is 13.8 Å². The molecule has 0 aliphatic carbocycles. The van der Waals surface area contributed by atoms with Crippen molar-refractivity contribution in [2.45, 2.75) is 70.4 Å². The van der Waals surface area contributed by atoms with Crippen LogP contribution in [0.3, 0.4) is 0 Å². The summed E-state index contributed by atoms with van der Waals surface area (Å²) >= 11 is 0. The van der Waals surface area contributed by atoms with Crippen LogP contribution >= 0.6 is 0 Å². The van der Waals surface area contributed by atoms with Gasteiger partial charge in [-0.15, -0.1) is 0 Å². The van der Waals surface area contributed by atoms with E-state index in [0.717, 1.165) is 6.26 Å². The molecule has 0 radical (unpaired) electrons. The van der Waals surface area contributed by atoms with E-state index in [9.17, 15) is 26.4 Å². The third-order valence-electron chi connectivity index (χ3n) is 2.94.